The van der Waals surface area contributed by atoms with Crippen LogP contribution in [0.2, 0.25) is 0 Å². The van der Waals surface area contributed by atoms with Crippen LogP contribution in [0.3, 0.4) is 0 Å². The molecule has 4 N–H and O–H groups in total. The normalized spacial score (nSPS) is 16.9. The van der Waals surface area contributed by atoms with Gasteiger partial charge in [0.05, 0.1) is 12.6 Å². The Hall–Kier alpha value is -1.59. The third-order valence-corrected chi connectivity index (χ3v) is 4.10. The van der Waals surface area contributed by atoms with Crippen molar-refractivity contribution in [3.05, 3.63) is 29.8 Å². The molecule has 1 aromatic rings. The highest BCUT2D eigenvalue weighted by Gasteiger charge is 2.29. The monoisotopic (exact) mass is 292 g/mol. The second kappa shape index (κ2) is 7.43. The van der Waals surface area contributed by atoms with E-state index >= 15 is 0 Å². The first-order chi connectivity index (χ1) is 10.1. The number of nitrogens with two attached hydrogens (primary N) is 1. The lowest BCUT2D eigenvalue weighted by atomic mass is 10.0. The van der Waals surface area contributed by atoms with Crippen LogP contribution < -0.4 is 5.73 Å². The average molecular weight is 292 g/mol. The molecule has 1 atom stereocenters. The van der Waals surface area contributed by atoms with Gasteiger partial charge in [0, 0.05) is 12.6 Å². The maximum Gasteiger partial charge on any atom is 0.240 e. The molecule has 2 rings (SSSR count). The third-order valence-electron chi connectivity index (χ3n) is 4.10. The number of phenolic OH excluding ortho intramolecular Hbond substituents is 1. The highest BCUT2D eigenvalue weighted by Crippen LogP contribution is 2.24. The lowest BCUT2D eigenvalue weighted by Crippen LogP contribution is -2.49. The molecule has 1 aliphatic carbocycles. The average Bonchev–Trinajstić information content (AvgIpc) is 3.00. The van der Waals surface area contributed by atoms with Crippen molar-refractivity contribution in [3.8, 4) is 5.75 Å². The van der Waals surface area contributed by atoms with Gasteiger partial charge in [-0.2, -0.15) is 0 Å². The van der Waals surface area contributed by atoms with Crippen molar-refractivity contribution in [1.29, 1.82) is 0 Å². The van der Waals surface area contributed by atoms with Crippen LogP contribution in [-0.4, -0.2) is 46.3 Å². The Kier molecular flexibility index (Phi) is 5.59. The SMILES string of the molecule is N[C@H](Cc1ccc(O)cc1)C(=O)N(CCO)C1CCCC1. The van der Waals surface area contributed by atoms with Gasteiger partial charge in [-0.3, -0.25) is 4.79 Å². The molecule has 0 radical (unpaired) electrons. The molecule has 5 nitrogen and oxygen atoms in total. The zero-order valence-corrected chi connectivity index (χ0v) is 12.2. The van der Waals surface area contributed by atoms with Crippen LogP contribution in [0.4, 0.5) is 0 Å². The molecular formula is C16H24N2O3. The van der Waals surface area contributed by atoms with Crippen LogP contribution in [0.1, 0.15) is 31.2 Å². The fourth-order valence-corrected chi connectivity index (χ4v) is 2.98. The van der Waals surface area contributed by atoms with Crippen LogP contribution in [0.5, 0.6) is 5.75 Å². The van der Waals surface area contributed by atoms with Crippen molar-refractivity contribution in [2.24, 2.45) is 5.73 Å². The molecule has 0 aliphatic heterocycles. The van der Waals surface area contributed by atoms with Gasteiger partial charge in [-0.05, 0) is 37.0 Å². The largest absolute Gasteiger partial charge is 0.508 e. The molecule has 21 heavy (non-hydrogen) atoms. The molecule has 1 amide bonds. The summed E-state index contributed by atoms with van der Waals surface area (Å²) in [6.07, 6.45) is 4.70. The number of nitrogens with zero attached hydrogens (tertiary/aromatic N) is 1. The first kappa shape index (κ1) is 15.8. The minimum Gasteiger partial charge on any atom is -0.508 e. The van der Waals surface area contributed by atoms with E-state index in [2.05, 4.69) is 0 Å². The molecule has 0 heterocycles. The predicted molar refractivity (Wildman–Crippen MR) is 80.8 cm³/mol. The number of hydrogen-bond donors (Lipinski definition) is 3. The molecule has 1 aliphatic rings. The van der Waals surface area contributed by atoms with Crippen LogP contribution >= 0.6 is 0 Å². The van der Waals surface area contributed by atoms with Gasteiger partial charge in [0.2, 0.25) is 5.91 Å². The van der Waals surface area contributed by atoms with E-state index in [4.69, 9.17) is 5.73 Å². The van der Waals surface area contributed by atoms with Gasteiger partial charge in [0.15, 0.2) is 0 Å². The number of aromatic hydroxyl groups is 1. The number of carbonyl (C=O) groups excluding carboxylic acids is 1. The fourth-order valence-electron chi connectivity index (χ4n) is 2.98. The number of rotatable bonds is 6. The minimum absolute atomic E-state index is 0.0336. The van der Waals surface area contributed by atoms with E-state index in [1.54, 1.807) is 29.2 Å². The first-order valence-electron chi connectivity index (χ1n) is 7.56. The summed E-state index contributed by atoms with van der Waals surface area (Å²) in [4.78, 5) is 14.3. The van der Waals surface area contributed by atoms with Crippen LogP contribution in [0.25, 0.3) is 0 Å². The molecule has 116 valence electrons. The Morgan fingerprint density at radius 2 is 1.90 bits per heavy atom. The van der Waals surface area contributed by atoms with Gasteiger partial charge >= 0.3 is 0 Å². The number of aliphatic hydroxyl groups excluding tert-OH is 1. The number of amides is 1. The lowest BCUT2D eigenvalue weighted by molar-refractivity contribution is -0.135. The van der Waals surface area contributed by atoms with E-state index in [0.717, 1.165) is 31.2 Å². The van der Waals surface area contributed by atoms with Crippen LogP contribution in [0, 0.1) is 0 Å². The van der Waals surface area contributed by atoms with Gasteiger partial charge in [0.1, 0.15) is 5.75 Å². The smallest absolute Gasteiger partial charge is 0.240 e. The van der Waals surface area contributed by atoms with Crippen molar-refractivity contribution in [2.45, 2.75) is 44.2 Å². The Morgan fingerprint density at radius 3 is 2.48 bits per heavy atom. The summed E-state index contributed by atoms with van der Waals surface area (Å²) in [7, 11) is 0. The first-order valence-corrected chi connectivity index (χ1v) is 7.56. The summed E-state index contributed by atoms with van der Waals surface area (Å²) in [5.41, 5.74) is 6.97. The van der Waals surface area contributed by atoms with Crippen molar-refractivity contribution in [1.82, 2.24) is 4.90 Å². The predicted octanol–water partition coefficient (Wildman–Crippen LogP) is 1.03. The molecule has 1 aromatic carbocycles. The molecule has 1 saturated carbocycles. The molecule has 0 spiro atoms. The Labute approximate surface area is 125 Å². The molecule has 0 saturated heterocycles. The second-order valence-corrected chi connectivity index (χ2v) is 5.67. The zero-order valence-electron chi connectivity index (χ0n) is 12.2. The number of benzene rings is 1. The number of hydrogen-bond acceptors (Lipinski definition) is 4. The summed E-state index contributed by atoms with van der Waals surface area (Å²) >= 11 is 0. The van der Waals surface area contributed by atoms with Gasteiger partial charge in [-0.25, -0.2) is 0 Å². The van der Waals surface area contributed by atoms with E-state index in [0.29, 0.717) is 13.0 Å². The molecule has 0 unspecified atom stereocenters. The van der Waals surface area contributed by atoms with E-state index in [1.807, 2.05) is 0 Å². The molecule has 1 fully saturated rings. The fraction of sp³-hybridized carbons (Fsp3) is 0.562. The van der Waals surface area contributed by atoms with Gasteiger partial charge in [0.25, 0.3) is 0 Å². The summed E-state index contributed by atoms with van der Waals surface area (Å²) in [6.45, 7) is 0.320. The number of carbonyl (C=O) groups is 1. The minimum atomic E-state index is -0.610. The van der Waals surface area contributed by atoms with Gasteiger partial charge in [-0.15, -0.1) is 0 Å². The van der Waals surface area contributed by atoms with E-state index in [9.17, 15) is 15.0 Å². The topological polar surface area (TPSA) is 86.8 Å². The Bertz CT molecular complexity index is 455. The van der Waals surface area contributed by atoms with Crippen molar-refractivity contribution in [2.75, 3.05) is 13.2 Å². The molecule has 5 heteroatoms. The quantitative estimate of drug-likeness (QED) is 0.731. The van der Waals surface area contributed by atoms with Crippen LogP contribution in [-0.2, 0) is 11.2 Å². The number of phenols is 1. The highest BCUT2D eigenvalue weighted by molar-refractivity contribution is 5.82. The number of aliphatic hydroxyl groups is 1. The standard InChI is InChI=1S/C16H24N2O3/c17-15(11-12-5-7-14(20)8-6-12)16(21)18(9-10-19)13-3-1-2-4-13/h5-8,13,15,19-20H,1-4,9-11,17H2/t15-/m1/s1. The molecule has 0 bridgehead atoms. The van der Waals surface area contributed by atoms with Crippen LogP contribution in [0.15, 0.2) is 24.3 Å². The highest BCUT2D eigenvalue weighted by atomic mass is 16.3. The van der Waals surface area contributed by atoms with Crippen molar-refractivity contribution in [3.63, 3.8) is 0 Å². The maximum absolute atomic E-state index is 12.5. The molecular weight excluding hydrogens is 268 g/mol. The van der Waals surface area contributed by atoms with Gasteiger partial charge in [-0.1, -0.05) is 25.0 Å². The van der Waals surface area contributed by atoms with E-state index in [-0.39, 0.29) is 24.3 Å². The summed E-state index contributed by atoms with van der Waals surface area (Å²) in [6, 6.07) is 6.34. The third kappa shape index (κ3) is 4.19. The maximum atomic E-state index is 12.5. The lowest BCUT2D eigenvalue weighted by Gasteiger charge is -2.30. The van der Waals surface area contributed by atoms with Gasteiger partial charge < -0.3 is 20.8 Å². The summed E-state index contributed by atoms with van der Waals surface area (Å²) in [5, 5.41) is 18.5. The summed E-state index contributed by atoms with van der Waals surface area (Å²) in [5.74, 6) is 0.107. The zero-order chi connectivity index (χ0) is 15.2. The van der Waals surface area contributed by atoms with Crippen molar-refractivity contribution >= 4 is 5.91 Å². The van der Waals surface area contributed by atoms with Crippen molar-refractivity contribution < 1.29 is 15.0 Å². The van der Waals surface area contributed by atoms with E-state index in [1.165, 1.54) is 0 Å². The molecule has 0 aromatic heterocycles. The second-order valence-electron chi connectivity index (χ2n) is 5.67. The Morgan fingerprint density at radius 1 is 1.29 bits per heavy atom. The van der Waals surface area contributed by atoms with E-state index < -0.39 is 6.04 Å². The Balaban J connectivity index is 1.99. The summed E-state index contributed by atoms with van der Waals surface area (Å²) < 4.78 is 0.